The van der Waals surface area contributed by atoms with Gasteiger partial charge in [0.05, 0.1) is 19.3 Å². The van der Waals surface area contributed by atoms with E-state index in [1.165, 1.54) is 0 Å². The first-order chi connectivity index (χ1) is 13.7. The maximum Gasteiger partial charge on any atom is 0.183 e. The van der Waals surface area contributed by atoms with Gasteiger partial charge in [-0.3, -0.25) is 0 Å². The monoisotopic (exact) mass is 383 g/mol. The Hall–Kier alpha value is -2.55. The number of fused-ring (bicyclic) bond motifs is 1. The van der Waals surface area contributed by atoms with E-state index >= 15 is 0 Å². The number of benzene rings is 1. The standard InChI is InChI=1S/C20H25N5O3/c26-10-11-28-12-16-22-17-19(21-14-6-8-15(27)9-7-14)24-18(25-20(17)23-16)13-4-2-1-3-5-13/h1-5,14-15,26-27H,6-12H2,(H2,21,22,23,24,25). The molecule has 0 saturated heterocycles. The number of aliphatic hydroxyl groups excluding tert-OH is 2. The second-order valence-electron chi connectivity index (χ2n) is 7.07. The first-order valence-corrected chi connectivity index (χ1v) is 9.68. The third-order valence-corrected chi connectivity index (χ3v) is 4.94. The normalized spacial score (nSPS) is 19.8. The van der Waals surface area contributed by atoms with Gasteiger partial charge in [0.2, 0.25) is 0 Å². The molecule has 0 atom stereocenters. The molecule has 1 aliphatic carbocycles. The second kappa shape index (κ2) is 8.64. The average Bonchev–Trinajstić information content (AvgIpc) is 3.14. The Bertz CT molecular complexity index is 907. The lowest BCUT2D eigenvalue weighted by molar-refractivity contribution is 0.0782. The van der Waals surface area contributed by atoms with Gasteiger partial charge in [-0.05, 0) is 25.7 Å². The molecule has 28 heavy (non-hydrogen) atoms. The number of aromatic amines is 1. The molecule has 1 aromatic carbocycles. The molecule has 2 aromatic heterocycles. The number of rotatable bonds is 7. The predicted molar refractivity (Wildman–Crippen MR) is 106 cm³/mol. The molecule has 0 radical (unpaired) electrons. The molecular formula is C20H25N5O3. The first kappa shape index (κ1) is 18.8. The lowest BCUT2D eigenvalue weighted by Gasteiger charge is -2.26. The molecule has 148 valence electrons. The predicted octanol–water partition coefficient (Wildman–Crippen LogP) is 2.24. The van der Waals surface area contributed by atoms with Gasteiger partial charge in [-0.2, -0.15) is 0 Å². The van der Waals surface area contributed by atoms with Crippen molar-refractivity contribution in [3.63, 3.8) is 0 Å². The highest BCUT2D eigenvalue weighted by Crippen LogP contribution is 2.27. The molecule has 4 N–H and O–H groups in total. The van der Waals surface area contributed by atoms with Gasteiger partial charge in [-0.1, -0.05) is 30.3 Å². The summed E-state index contributed by atoms with van der Waals surface area (Å²) in [6.45, 7) is 0.499. The van der Waals surface area contributed by atoms with E-state index < -0.39 is 0 Å². The van der Waals surface area contributed by atoms with Crippen molar-refractivity contribution in [2.45, 2.75) is 44.4 Å². The van der Waals surface area contributed by atoms with E-state index in [0.29, 0.717) is 23.1 Å². The molecular weight excluding hydrogens is 358 g/mol. The van der Waals surface area contributed by atoms with E-state index in [1.807, 2.05) is 30.3 Å². The summed E-state index contributed by atoms with van der Waals surface area (Å²) in [5, 5.41) is 22.2. The van der Waals surface area contributed by atoms with Crippen molar-refractivity contribution in [3.8, 4) is 11.4 Å². The van der Waals surface area contributed by atoms with Gasteiger partial charge in [-0.15, -0.1) is 0 Å². The summed E-state index contributed by atoms with van der Waals surface area (Å²) in [4.78, 5) is 17.2. The Morgan fingerprint density at radius 3 is 2.61 bits per heavy atom. The van der Waals surface area contributed by atoms with Crippen molar-refractivity contribution < 1.29 is 14.9 Å². The Morgan fingerprint density at radius 2 is 1.86 bits per heavy atom. The highest BCUT2D eigenvalue weighted by atomic mass is 16.5. The van der Waals surface area contributed by atoms with Gasteiger partial charge in [0, 0.05) is 11.6 Å². The van der Waals surface area contributed by atoms with Crippen molar-refractivity contribution in [1.29, 1.82) is 0 Å². The van der Waals surface area contributed by atoms with Crippen LogP contribution in [-0.4, -0.2) is 55.5 Å². The molecule has 4 rings (SSSR count). The van der Waals surface area contributed by atoms with Crippen molar-refractivity contribution in [1.82, 2.24) is 19.9 Å². The topological polar surface area (TPSA) is 116 Å². The molecule has 0 unspecified atom stereocenters. The van der Waals surface area contributed by atoms with Crippen LogP contribution in [-0.2, 0) is 11.3 Å². The summed E-state index contributed by atoms with van der Waals surface area (Å²) in [5.74, 6) is 1.97. The summed E-state index contributed by atoms with van der Waals surface area (Å²) < 4.78 is 5.37. The number of hydrogen-bond donors (Lipinski definition) is 4. The van der Waals surface area contributed by atoms with Gasteiger partial charge in [0.25, 0.3) is 0 Å². The summed E-state index contributed by atoms with van der Waals surface area (Å²) in [6, 6.07) is 10.1. The zero-order valence-electron chi connectivity index (χ0n) is 15.6. The molecule has 8 nitrogen and oxygen atoms in total. The van der Waals surface area contributed by atoms with Crippen LogP contribution in [0.2, 0.25) is 0 Å². The van der Waals surface area contributed by atoms with E-state index in [1.54, 1.807) is 0 Å². The quantitative estimate of drug-likeness (QED) is 0.462. The Labute approximate surface area is 163 Å². The van der Waals surface area contributed by atoms with Crippen molar-refractivity contribution in [3.05, 3.63) is 36.2 Å². The van der Waals surface area contributed by atoms with Crippen LogP contribution in [0.1, 0.15) is 31.5 Å². The molecule has 1 aliphatic rings. The average molecular weight is 383 g/mol. The van der Waals surface area contributed by atoms with Crippen LogP contribution in [0, 0.1) is 0 Å². The third kappa shape index (κ3) is 4.30. The number of anilines is 1. The Balaban J connectivity index is 1.67. The molecule has 8 heteroatoms. The summed E-state index contributed by atoms with van der Waals surface area (Å²) in [5.41, 5.74) is 2.25. The number of imidazole rings is 1. The van der Waals surface area contributed by atoms with Gasteiger partial charge in [0.15, 0.2) is 17.3 Å². The maximum absolute atomic E-state index is 9.76. The number of nitrogens with one attached hydrogen (secondary N) is 2. The fraction of sp³-hybridized carbons (Fsp3) is 0.450. The molecule has 1 fully saturated rings. The SMILES string of the molecule is OCCOCc1nc2nc(-c3ccccc3)nc(NC3CCC(O)CC3)c2[nH]1. The smallest absolute Gasteiger partial charge is 0.183 e. The van der Waals surface area contributed by atoms with Crippen LogP contribution in [0.3, 0.4) is 0 Å². The van der Waals surface area contributed by atoms with Crippen LogP contribution < -0.4 is 5.32 Å². The fourth-order valence-corrected chi connectivity index (χ4v) is 3.48. The van der Waals surface area contributed by atoms with Gasteiger partial charge in [-0.25, -0.2) is 15.0 Å². The minimum atomic E-state index is -0.203. The van der Waals surface area contributed by atoms with Crippen LogP contribution in [0.15, 0.2) is 30.3 Å². The van der Waals surface area contributed by atoms with Crippen LogP contribution in [0.25, 0.3) is 22.6 Å². The largest absolute Gasteiger partial charge is 0.394 e. The molecule has 0 aliphatic heterocycles. The molecule has 2 heterocycles. The molecule has 0 spiro atoms. The summed E-state index contributed by atoms with van der Waals surface area (Å²) in [7, 11) is 0. The summed E-state index contributed by atoms with van der Waals surface area (Å²) >= 11 is 0. The highest BCUT2D eigenvalue weighted by molar-refractivity contribution is 5.85. The van der Waals surface area contributed by atoms with Gasteiger partial charge < -0.3 is 25.3 Å². The number of ether oxygens (including phenoxy) is 1. The van der Waals surface area contributed by atoms with E-state index in [0.717, 1.165) is 36.8 Å². The van der Waals surface area contributed by atoms with Crippen molar-refractivity contribution >= 4 is 17.0 Å². The van der Waals surface area contributed by atoms with Crippen molar-refractivity contribution in [2.75, 3.05) is 18.5 Å². The lowest BCUT2D eigenvalue weighted by atomic mass is 9.93. The molecule has 0 amide bonds. The third-order valence-electron chi connectivity index (χ3n) is 4.94. The number of aromatic nitrogens is 4. The Morgan fingerprint density at radius 1 is 1.07 bits per heavy atom. The van der Waals surface area contributed by atoms with E-state index in [2.05, 4.69) is 20.3 Å². The highest BCUT2D eigenvalue weighted by Gasteiger charge is 2.22. The van der Waals surface area contributed by atoms with Crippen LogP contribution in [0.4, 0.5) is 5.82 Å². The van der Waals surface area contributed by atoms with E-state index in [9.17, 15) is 5.11 Å². The zero-order valence-corrected chi connectivity index (χ0v) is 15.6. The lowest BCUT2D eigenvalue weighted by Crippen LogP contribution is -2.28. The number of nitrogens with zero attached hydrogens (tertiary/aromatic N) is 3. The zero-order chi connectivity index (χ0) is 19.3. The van der Waals surface area contributed by atoms with Crippen LogP contribution >= 0.6 is 0 Å². The Kier molecular flexibility index (Phi) is 5.80. The molecule has 3 aromatic rings. The maximum atomic E-state index is 9.76. The second-order valence-corrected chi connectivity index (χ2v) is 7.07. The van der Waals surface area contributed by atoms with Gasteiger partial charge >= 0.3 is 0 Å². The number of aliphatic hydroxyl groups is 2. The molecule has 0 bridgehead atoms. The first-order valence-electron chi connectivity index (χ1n) is 9.68. The van der Waals surface area contributed by atoms with Crippen LogP contribution in [0.5, 0.6) is 0 Å². The van der Waals surface area contributed by atoms with E-state index in [4.69, 9.17) is 14.8 Å². The number of H-pyrrole nitrogens is 1. The van der Waals surface area contributed by atoms with E-state index in [-0.39, 0.29) is 32.0 Å². The minimum absolute atomic E-state index is 0.0292. The van der Waals surface area contributed by atoms with Crippen molar-refractivity contribution in [2.24, 2.45) is 0 Å². The fourth-order valence-electron chi connectivity index (χ4n) is 3.48. The van der Waals surface area contributed by atoms with Gasteiger partial charge in [0.1, 0.15) is 17.9 Å². The summed E-state index contributed by atoms with van der Waals surface area (Å²) in [6.07, 6.45) is 3.18. The molecule has 1 saturated carbocycles. The number of hydrogen-bond acceptors (Lipinski definition) is 7. The minimum Gasteiger partial charge on any atom is -0.394 e.